The maximum Gasteiger partial charge on any atom is 0.305 e. The molecule has 0 bridgehead atoms. The number of ether oxygens (including phenoxy) is 1. The fraction of sp³-hybridized carbons (Fsp3) is 0.160. The first-order valence-corrected chi connectivity index (χ1v) is 10.3. The molecule has 1 amide bonds. The Hall–Kier alpha value is -4.33. The molecule has 0 aliphatic heterocycles. The van der Waals surface area contributed by atoms with Crippen LogP contribution in [-0.2, 0) is 16.0 Å². The first-order valence-electron chi connectivity index (χ1n) is 10.3. The van der Waals surface area contributed by atoms with E-state index in [-0.39, 0.29) is 24.5 Å². The Balaban J connectivity index is 1.54. The van der Waals surface area contributed by atoms with Gasteiger partial charge in [-0.15, -0.1) is 0 Å². The Morgan fingerprint density at radius 2 is 1.88 bits per heavy atom. The van der Waals surface area contributed by atoms with Gasteiger partial charge in [-0.1, -0.05) is 36.4 Å². The quantitative estimate of drug-likeness (QED) is 0.378. The van der Waals surface area contributed by atoms with Gasteiger partial charge < -0.3 is 24.8 Å². The zero-order chi connectivity index (χ0) is 23.4. The molecule has 4 rings (SSSR count). The van der Waals surface area contributed by atoms with Crippen molar-refractivity contribution in [3.05, 3.63) is 84.2 Å². The number of carbonyl (C=O) groups is 2. The van der Waals surface area contributed by atoms with Gasteiger partial charge in [0.05, 0.1) is 43.4 Å². The number of carboxylic acid groups (broad SMARTS) is 1. The van der Waals surface area contributed by atoms with Gasteiger partial charge in [0.1, 0.15) is 0 Å². The fourth-order valence-corrected chi connectivity index (χ4v) is 3.81. The number of anilines is 1. The molecule has 1 heterocycles. The van der Waals surface area contributed by atoms with Gasteiger partial charge in [0.25, 0.3) is 0 Å². The van der Waals surface area contributed by atoms with E-state index in [0.717, 1.165) is 11.1 Å². The number of phenols is 1. The molecule has 168 valence electrons. The molecule has 0 aliphatic rings. The van der Waals surface area contributed by atoms with Crippen LogP contribution in [0.2, 0.25) is 0 Å². The van der Waals surface area contributed by atoms with Crippen molar-refractivity contribution in [2.45, 2.75) is 18.9 Å². The number of nitrogens with zero attached hydrogens (tertiary/aromatic N) is 2. The summed E-state index contributed by atoms with van der Waals surface area (Å²) in [6.07, 6.45) is 1.62. The highest BCUT2D eigenvalue weighted by molar-refractivity contribution is 5.94. The first-order chi connectivity index (χ1) is 15.9. The van der Waals surface area contributed by atoms with Crippen LogP contribution in [-0.4, -0.2) is 38.8 Å². The second-order valence-corrected chi connectivity index (χ2v) is 7.61. The maximum atomic E-state index is 12.5. The predicted molar refractivity (Wildman–Crippen MR) is 124 cm³/mol. The van der Waals surface area contributed by atoms with Gasteiger partial charge in [0.15, 0.2) is 11.5 Å². The number of phenolic OH excluding ortho intramolecular Hbond substituents is 1. The largest absolute Gasteiger partial charge is 0.504 e. The monoisotopic (exact) mass is 445 g/mol. The third kappa shape index (κ3) is 4.95. The minimum atomic E-state index is -0.904. The molecule has 8 heteroatoms. The van der Waals surface area contributed by atoms with E-state index in [0.29, 0.717) is 22.5 Å². The molecule has 1 unspecified atom stereocenters. The Bertz CT molecular complexity index is 1300. The standard InChI is InChI=1S/C25H23N3O5/c1-33-23-10-7-16(11-22(23)29)12-24(30)27-18-8-9-20-19(13-18)26-15-28(20)21(14-25(31)32)17-5-3-2-4-6-17/h2-11,13,15,21,29H,12,14H2,1H3,(H,27,30)(H,31,32). The normalized spacial score (nSPS) is 11.8. The van der Waals surface area contributed by atoms with Gasteiger partial charge in [-0.05, 0) is 41.5 Å². The lowest BCUT2D eigenvalue weighted by atomic mass is 10.0. The molecule has 4 aromatic rings. The molecule has 8 nitrogen and oxygen atoms in total. The Morgan fingerprint density at radius 1 is 1.09 bits per heavy atom. The number of aliphatic carboxylic acids is 1. The summed E-state index contributed by atoms with van der Waals surface area (Å²) in [5, 5.41) is 22.2. The highest BCUT2D eigenvalue weighted by Gasteiger charge is 2.20. The molecular weight excluding hydrogens is 422 g/mol. The van der Waals surface area contributed by atoms with Gasteiger partial charge in [-0.3, -0.25) is 9.59 Å². The Kier molecular flexibility index (Phi) is 6.26. The van der Waals surface area contributed by atoms with E-state index in [9.17, 15) is 19.8 Å². The highest BCUT2D eigenvalue weighted by Crippen LogP contribution is 2.29. The second kappa shape index (κ2) is 9.44. The van der Waals surface area contributed by atoms with Crippen LogP contribution in [0.4, 0.5) is 5.69 Å². The zero-order valence-electron chi connectivity index (χ0n) is 17.9. The molecule has 0 spiro atoms. The number of aromatic hydroxyl groups is 1. The average molecular weight is 445 g/mol. The average Bonchev–Trinajstić information content (AvgIpc) is 3.21. The lowest BCUT2D eigenvalue weighted by Gasteiger charge is -2.18. The summed E-state index contributed by atoms with van der Waals surface area (Å²) in [7, 11) is 1.46. The summed E-state index contributed by atoms with van der Waals surface area (Å²) in [6.45, 7) is 0. The van der Waals surface area contributed by atoms with Gasteiger partial charge in [-0.25, -0.2) is 4.98 Å². The van der Waals surface area contributed by atoms with Crippen LogP contribution in [0.3, 0.4) is 0 Å². The maximum absolute atomic E-state index is 12.5. The highest BCUT2D eigenvalue weighted by atomic mass is 16.5. The lowest BCUT2D eigenvalue weighted by molar-refractivity contribution is -0.137. The van der Waals surface area contributed by atoms with Crippen molar-refractivity contribution < 1.29 is 24.5 Å². The molecule has 3 aromatic carbocycles. The summed E-state index contributed by atoms with van der Waals surface area (Å²) in [5.74, 6) is -0.827. The van der Waals surface area contributed by atoms with Crippen LogP contribution in [0.15, 0.2) is 73.1 Å². The summed E-state index contributed by atoms with van der Waals surface area (Å²) < 4.78 is 6.86. The number of benzene rings is 3. The minimum absolute atomic E-state index is 0.0240. The van der Waals surface area contributed by atoms with Crippen LogP contribution in [0, 0.1) is 0 Å². The van der Waals surface area contributed by atoms with Gasteiger partial charge in [0, 0.05) is 5.69 Å². The van der Waals surface area contributed by atoms with Crippen molar-refractivity contribution in [1.29, 1.82) is 0 Å². The number of hydrogen-bond donors (Lipinski definition) is 3. The van der Waals surface area contributed by atoms with Crippen molar-refractivity contribution in [2.24, 2.45) is 0 Å². The number of nitrogens with one attached hydrogen (secondary N) is 1. The predicted octanol–water partition coefficient (Wildman–Crippen LogP) is 4.00. The van der Waals surface area contributed by atoms with Crippen LogP contribution in [0.25, 0.3) is 11.0 Å². The lowest BCUT2D eigenvalue weighted by Crippen LogP contribution is -2.15. The zero-order valence-corrected chi connectivity index (χ0v) is 17.9. The minimum Gasteiger partial charge on any atom is -0.504 e. The third-order valence-corrected chi connectivity index (χ3v) is 5.35. The van der Waals surface area contributed by atoms with E-state index in [4.69, 9.17) is 4.74 Å². The number of carbonyl (C=O) groups excluding carboxylic acids is 1. The van der Waals surface area contributed by atoms with Crippen molar-refractivity contribution in [3.8, 4) is 11.5 Å². The molecule has 0 radical (unpaired) electrons. The number of hydrogen-bond acceptors (Lipinski definition) is 5. The van der Waals surface area contributed by atoms with Crippen LogP contribution in [0.5, 0.6) is 11.5 Å². The smallest absolute Gasteiger partial charge is 0.305 e. The van der Waals surface area contributed by atoms with Crippen molar-refractivity contribution in [2.75, 3.05) is 12.4 Å². The fourth-order valence-electron chi connectivity index (χ4n) is 3.81. The number of methoxy groups -OCH3 is 1. The molecular formula is C25H23N3O5. The van der Waals surface area contributed by atoms with Crippen molar-refractivity contribution >= 4 is 28.6 Å². The number of carboxylic acids is 1. The van der Waals surface area contributed by atoms with E-state index >= 15 is 0 Å². The van der Waals surface area contributed by atoms with E-state index in [1.807, 2.05) is 41.0 Å². The number of fused-ring (bicyclic) bond motifs is 1. The van der Waals surface area contributed by atoms with Crippen molar-refractivity contribution in [1.82, 2.24) is 9.55 Å². The molecule has 33 heavy (non-hydrogen) atoms. The topological polar surface area (TPSA) is 114 Å². The molecule has 0 saturated carbocycles. The summed E-state index contributed by atoms with van der Waals surface area (Å²) in [4.78, 5) is 28.4. The number of amides is 1. The number of imidazole rings is 1. The van der Waals surface area contributed by atoms with Crippen LogP contribution >= 0.6 is 0 Å². The number of rotatable bonds is 8. The molecule has 0 fully saturated rings. The van der Waals surface area contributed by atoms with E-state index in [1.54, 1.807) is 30.6 Å². The molecule has 1 aromatic heterocycles. The third-order valence-electron chi connectivity index (χ3n) is 5.35. The Morgan fingerprint density at radius 3 is 2.58 bits per heavy atom. The van der Waals surface area contributed by atoms with Gasteiger partial charge in [-0.2, -0.15) is 0 Å². The molecule has 1 atom stereocenters. The van der Waals surface area contributed by atoms with Crippen LogP contribution < -0.4 is 10.1 Å². The van der Waals surface area contributed by atoms with Gasteiger partial charge >= 0.3 is 5.97 Å². The van der Waals surface area contributed by atoms with Gasteiger partial charge in [0.2, 0.25) is 5.91 Å². The summed E-state index contributed by atoms with van der Waals surface area (Å²) in [5.41, 5.74) is 3.50. The van der Waals surface area contributed by atoms with Crippen molar-refractivity contribution in [3.63, 3.8) is 0 Å². The summed E-state index contributed by atoms with van der Waals surface area (Å²) in [6, 6.07) is 19.2. The molecule has 3 N–H and O–H groups in total. The molecule has 0 saturated heterocycles. The van der Waals surface area contributed by atoms with E-state index < -0.39 is 12.0 Å². The van der Waals surface area contributed by atoms with E-state index in [2.05, 4.69) is 10.3 Å². The second-order valence-electron chi connectivity index (χ2n) is 7.61. The van der Waals surface area contributed by atoms with E-state index in [1.165, 1.54) is 13.2 Å². The number of aromatic nitrogens is 2. The first kappa shape index (κ1) is 21.9. The molecule has 0 aliphatic carbocycles. The SMILES string of the molecule is COc1ccc(CC(=O)Nc2ccc3c(c2)ncn3C(CC(=O)O)c2ccccc2)cc1O. The van der Waals surface area contributed by atoms with Crippen LogP contribution in [0.1, 0.15) is 23.6 Å². The summed E-state index contributed by atoms with van der Waals surface area (Å²) >= 11 is 0. The Labute approximate surface area is 190 Å².